The van der Waals surface area contributed by atoms with Crippen LogP contribution < -0.4 is 11.1 Å². The summed E-state index contributed by atoms with van der Waals surface area (Å²) in [4.78, 5) is 11.2. The summed E-state index contributed by atoms with van der Waals surface area (Å²) in [5, 5.41) is 11.9. The van der Waals surface area contributed by atoms with Crippen molar-refractivity contribution < 1.29 is 4.79 Å². The first-order valence-electron chi connectivity index (χ1n) is 5.60. The molecule has 0 unspecified atom stereocenters. The number of amides is 1. The summed E-state index contributed by atoms with van der Waals surface area (Å²) in [5.74, 6) is -0.0684. The van der Waals surface area contributed by atoms with Gasteiger partial charge in [0.1, 0.15) is 5.01 Å². The zero-order valence-electron chi connectivity index (χ0n) is 10.2. The minimum atomic E-state index is -0.0684. The number of hydrogen-bond acceptors (Lipinski definition) is 5. The molecule has 6 heteroatoms. The normalized spacial score (nSPS) is 10.3. The van der Waals surface area contributed by atoms with Gasteiger partial charge in [0.25, 0.3) is 0 Å². The van der Waals surface area contributed by atoms with Crippen LogP contribution in [0.1, 0.15) is 18.9 Å². The highest BCUT2D eigenvalue weighted by atomic mass is 32.1. The molecular formula is C12H14N4OS. The molecule has 0 aliphatic heterocycles. The average molecular weight is 262 g/mol. The molecule has 0 atom stereocenters. The van der Waals surface area contributed by atoms with Gasteiger partial charge in [-0.05, 0) is 18.6 Å². The Morgan fingerprint density at radius 3 is 2.89 bits per heavy atom. The highest BCUT2D eigenvalue weighted by Crippen LogP contribution is 2.28. The number of nitrogens with two attached hydrogens (primary N) is 1. The Hall–Kier alpha value is -1.95. The standard InChI is InChI=1S/C12H14N4OS/c1-3-10(17)14-12-16-15-11(18-12)8-5-4-7(2)9(13)6-8/h4-6H,3,13H2,1-2H3,(H,14,16,17). The first kappa shape index (κ1) is 12.5. The van der Waals surface area contributed by atoms with E-state index in [1.807, 2.05) is 25.1 Å². The summed E-state index contributed by atoms with van der Waals surface area (Å²) in [7, 11) is 0. The van der Waals surface area contributed by atoms with Gasteiger partial charge in [-0.15, -0.1) is 10.2 Å². The molecule has 0 bridgehead atoms. The molecule has 2 aromatic rings. The lowest BCUT2D eigenvalue weighted by atomic mass is 10.1. The highest BCUT2D eigenvalue weighted by Gasteiger charge is 2.09. The topological polar surface area (TPSA) is 80.9 Å². The quantitative estimate of drug-likeness (QED) is 0.832. The van der Waals surface area contributed by atoms with Crippen LogP contribution in [0.25, 0.3) is 10.6 Å². The monoisotopic (exact) mass is 262 g/mol. The van der Waals surface area contributed by atoms with E-state index in [2.05, 4.69) is 15.5 Å². The number of nitrogens with zero attached hydrogens (tertiary/aromatic N) is 2. The average Bonchev–Trinajstić information content (AvgIpc) is 2.81. The third kappa shape index (κ3) is 2.65. The maximum absolute atomic E-state index is 11.2. The second-order valence-corrected chi connectivity index (χ2v) is 4.86. The molecule has 0 fully saturated rings. The number of nitrogens with one attached hydrogen (secondary N) is 1. The highest BCUT2D eigenvalue weighted by molar-refractivity contribution is 7.18. The van der Waals surface area contributed by atoms with Crippen molar-refractivity contribution in [3.63, 3.8) is 0 Å². The Morgan fingerprint density at radius 1 is 1.44 bits per heavy atom. The fourth-order valence-electron chi connectivity index (χ4n) is 1.37. The van der Waals surface area contributed by atoms with E-state index < -0.39 is 0 Å². The number of aryl methyl sites for hydroxylation is 1. The van der Waals surface area contributed by atoms with Crippen LogP contribution in [0.15, 0.2) is 18.2 Å². The number of nitrogen functional groups attached to an aromatic ring is 1. The fourth-order valence-corrected chi connectivity index (χ4v) is 2.13. The van der Waals surface area contributed by atoms with Crippen LogP contribution in [0.5, 0.6) is 0 Å². The van der Waals surface area contributed by atoms with Gasteiger partial charge in [0.2, 0.25) is 11.0 Å². The van der Waals surface area contributed by atoms with E-state index in [4.69, 9.17) is 5.73 Å². The van der Waals surface area contributed by atoms with Crippen molar-refractivity contribution in [3.8, 4) is 10.6 Å². The molecule has 18 heavy (non-hydrogen) atoms. The van der Waals surface area contributed by atoms with Crippen LogP contribution in [0, 0.1) is 6.92 Å². The van der Waals surface area contributed by atoms with Crippen molar-refractivity contribution in [2.75, 3.05) is 11.1 Å². The van der Waals surface area contributed by atoms with Crippen LogP contribution in [0.4, 0.5) is 10.8 Å². The molecule has 2 rings (SSSR count). The maximum atomic E-state index is 11.2. The molecule has 0 radical (unpaired) electrons. The number of carbonyl (C=O) groups is 1. The van der Waals surface area contributed by atoms with Gasteiger partial charge >= 0.3 is 0 Å². The number of carbonyl (C=O) groups excluding carboxylic acids is 1. The number of benzene rings is 1. The first-order chi connectivity index (χ1) is 8.60. The molecule has 1 aromatic heterocycles. The Labute approximate surface area is 109 Å². The summed E-state index contributed by atoms with van der Waals surface area (Å²) < 4.78 is 0. The van der Waals surface area contributed by atoms with E-state index in [0.29, 0.717) is 11.6 Å². The van der Waals surface area contributed by atoms with Gasteiger partial charge in [-0.1, -0.05) is 30.4 Å². The van der Waals surface area contributed by atoms with Crippen molar-refractivity contribution in [1.82, 2.24) is 10.2 Å². The Balaban J connectivity index is 2.23. The molecule has 3 N–H and O–H groups in total. The fraction of sp³-hybridized carbons (Fsp3) is 0.250. The van der Waals surface area contributed by atoms with E-state index >= 15 is 0 Å². The Morgan fingerprint density at radius 2 is 2.22 bits per heavy atom. The maximum Gasteiger partial charge on any atom is 0.225 e. The van der Waals surface area contributed by atoms with E-state index in [1.165, 1.54) is 11.3 Å². The molecule has 1 amide bonds. The van der Waals surface area contributed by atoms with Gasteiger partial charge in [0.15, 0.2) is 0 Å². The molecule has 5 nitrogen and oxygen atoms in total. The van der Waals surface area contributed by atoms with Crippen LogP contribution in [-0.2, 0) is 4.79 Å². The zero-order chi connectivity index (χ0) is 13.1. The predicted molar refractivity (Wildman–Crippen MR) is 73.4 cm³/mol. The lowest BCUT2D eigenvalue weighted by molar-refractivity contribution is -0.115. The molecule has 0 aliphatic carbocycles. The lowest BCUT2D eigenvalue weighted by Crippen LogP contribution is -2.08. The predicted octanol–water partition coefficient (Wildman–Crippen LogP) is 2.44. The van der Waals surface area contributed by atoms with Crippen LogP contribution in [-0.4, -0.2) is 16.1 Å². The molecule has 0 spiro atoms. The summed E-state index contributed by atoms with van der Waals surface area (Å²) >= 11 is 1.33. The van der Waals surface area contributed by atoms with Crippen molar-refractivity contribution in [2.45, 2.75) is 20.3 Å². The van der Waals surface area contributed by atoms with Gasteiger partial charge in [-0.25, -0.2) is 0 Å². The van der Waals surface area contributed by atoms with E-state index in [9.17, 15) is 4.79 Å². The van der Waals surface area contributed by atoms with E-state index in [0.717, 1.165) is 21.8 Å². The summed E-state index contributed by atoms with van der Waals surface area (Å²) in [6.07, 6.45) is 0.423. The molecule has 94 valence electrons. The van der Waals surface area contributed by atoms with Crippen LogP contribution in [0.2, 0.25) is 0 Å². The number of rotatable bonds is 3. The second kappa shape index (κ2) is 5.14. The van der Waals surface area contributed by atoms with Gasteiger partial charge in [-0.2, -0.15) is 0 Å². The Bertz CT molecular complexity index is 579. The molecule has 1 heterocycles. The summed E-state index contributed by atoms with van der Waals surface area (Å²) in [5.41, 5.74) is 8.52. The zero-order valence-corrected chi connectivity index (χ0v) is 11.0. The van der Waals surface area contributed by atoms with Gasteiger partial charge < -0.3 is 11.1 Å². The van der Waals surface area contributed by atoms with E-state index in [-0.39, 0.29) is 5.91 Å². The van der Waals surface area contributed by atoms with Gasteiger partial charge in [-0.3, -0.25) is 4.79 Å². The third-order valence-corrected chi connectivity index (χ3v) is 3.41. The number of anilines is 2. The second-order valence-electron chi connectivity index (χ2n) is 3.89. The number of hydrogen-bond donors (Lipinski definition) is 2. The van der Waals surface area contributed by atoms with E-state index in [1.54, 1.807) is 6.92 Å². The summed E-state index contributed by atoms with van der Waals surface area (Å²) in [6, 6.07) is 5.75. The van der Waals surface area contributed by atoms with Crippen LogP contribution >= 0.6 is 11.3 Å². The van der Waals surface area contributed by atoms with Crippen LogP contribution in [0.3, 0.4) is 0 Å². The lowest BCUT2D eigenvalue weighted by Gasteiger charge is -2.01. The first-order valence-corrected chi connectivity index (χ1v) is 6.41. The largest absolute Gasteiger partial charge is 0.398 e. The van der Waals surface area contributed by atoms with Crippen molar-refractivity contribution in [3.05, 3.63) is 23.8 Å². The van der Waals surface area contributed by atoms with Crippen molar-refractivity contribution >= 4 is 28.1 Å². The van der Waals surface area contributed by atoms with Crippen molar-refractivity contribution in [2.24, 2.45) is 0 Å². The molecule has 1 aromatic carbocycles. The minimum Gasteiger partial charge on any atom is -0.398 e. The molecular weight excluding hydrogens is 248 g/mol. The number of aromatic nitrogens is 2. The van der Waals surface area contributed by atoms with Crippen molar-refractivity contribution in [1.29, 1.82) is 0 Å². The molecule has 0 aliphatic rings. The Kier molecular flexibility index (Phi) is 3.57. The molecule has 0 saturated carbocycles. The smallest absolute Gasteiger partial charge is 0.225 e. The SMILES string of the molecule is CCC(=O)Nc1nnc(-c2ccc(C)c(N)c2)s1. The van der Waals surface area contributed by atoms with Gasteiger partial charge in [0, 0.05) is 17.7 Å². The third-order valence-electron chi connectivity index (χ3n) is 2.52. The summed E-state index contributed by atoms with van der Waals surface area (Å²) in [6.45, 7) is 3.74. The molecule has 0 saturated heterocycles. The van der Waals surface area contributed by atoms with Gasteiger partial charge in [0.05, 0.1) is 0 Å². The minimum absolute atomic E-state index is 0.0684.